The zero-order valence-electron chi connectivity index (χ0n) is 10.6. The molecule has 0 atom stereocenters. The second-order valence-corrected chi connectivity index (χ2v) is 4.99. The third-order valence-corrected chi connectivity index (χ3v) is 2.72. The lowest BCUT2D eigenvalue weighted by Crippen LogP contribution is -2.21. The fourth-order valence-electron chi connectivity index (χ4n) is 1.57. The van der Waals surface area contributed by atoms with Crippen LogP contribution in [0.15, 0.2) is 30.7 Å². The third kappa shape index (κ3) is 3.82. The predicted octanol–water partition coefficient (Wildman–Crippen LogP) is 2.48. The second kappa shape index (κ2) is 5.98. The molecule has 1 N–H and O–H groups in total. The molecule has 96 valence electrons. The number of halogens is 1. The first-order valence-corrected chi connectivity index (χ1v) is 6.36. The highest BCUT2D eigenvalue weighted by molar-refractivity contribution is 6.30. The van der Waals surface area contributed by atoms with Crippen molar-refractivity contribution in [2.24, 2.45) is 0 Å². The summed E-state index contributed by atoms with van der Waals surface area (Å²) in [5.74, 6) is 0. The first-order chi connectivity index (χ1) is 8.63. The molecule has 0 radical (unpaired) electrons. The minimum atomic E-state index is 0.482. The Kier molecular flexibility index (Phi) is 4.33. The Bertz CT molecular complexity index is 490. The zero-order chi connectivity index (χ0) is 13.0. The minimum Gasteiger partial charge on any atom is -0.310 e. The van der Waals surface area contributed by atoms with Gasteiger partial charge in [0.2, 0.25) is 0 Å². The van der Waals surface area contributed by atoms with Crippen molar-refractivity contribution in [1.82, 2.24) is 20.1 Å². The molecule has 5 heteroatoms. The summed E-state index contributed by atoms with van der Waals surface area (Å²) in [6, 6.07) is 4.59. The molecule has 0 saturated carbocycles. The van der Waals surface area contributed by atoms with Crippen LogP contribution in [0.25, 0.3) is 0 Å². The maximum Gasteiger partial charge on any atom is 0.0831 e. The number of rotatable bonds is 5. The summed E-state index contributed by atoms with van der Waals surface area (Å²) in [6.07, 6.45) is 5.32. The van der Waals surface area contributed by atoms with Crippen LogP contribution in [0.4, 0.5) is 0 Å². The van der Waals surface area contributed by atoms with Crippen LogP contribution in [0.3, 0.4) is 0 Å². The van der Waals surface area contributed by atoms with Crippen LogP contribution < -0.4 is 5.32 Å². The summed E-state index contributed by atoms with van der Waals surface area (Å²) in [4.78, 5) is 4.42. The molecule has 0 aliphatic carbocycles. The van der Waals surface area contributed by atoms with Crippen molar-refractivity contribution in [3.63, 3.8) is 0 Å². The molecule has 0 bridgehead atoms. The summed E-state index contributed by atoms with van der Waals surface area (Å²) in [5, 5.41) is 8.13. The average Bonchev–Trinajstić information content (AvgIpc) is 2.74. The molecule has 18 heavy (non-hydrogen) atoms. The van der Waals surface area contributed by atoms with Gasteiger partial charge in [-0.1, -0.05) is 31.5 Å². The Morgan fingerprint density at radius 1 is 1.33 bits per heavy atom. The van der Waals surface area contributed by atoms with Crippen LogP contribution in [-0.4, -0.2) is 20.8 Å². The van der Waals surface area contributed by atoms with Gasteiger partial charge >= 0.3 is 0 Å². The van der Waals surface area contributed by atoms with E-state index in [1.54, 1.807) is 17.1 Å². The van der Waals surface area contributed by atoms with E-state index >= 15 is 0 Å². The number of hydrogen-bond acceptors (Lipinski definition) is 3. The van der Waals surface area contributed by atoms with Crippen LogP contribution >= 0.6 is 11.6 Å². The van der Waals surface area contributed by atoms with E-state index in [0.717, 1.165) is 12.2 Å². The van der Waals surface area contributed by atoms with Gasteiger partial charge in [-0.05, 0) is 11.6 Å². The van der Waals surface area contributed by atoms with E-state index in [1.165, 1.54) is 5.56 Å². The lowest BCUT2D eigenvalue weighted by Gasteiger charge is -2.08. The van der Waals surface area contributed by atoms with Gasteiger partial charge in [0.05, 0.1) is 23.5 Å². The highest BCUT2D eigenvalue weighted by atomic mass is 35.5. The van der Waals surface area contributed by atoms with Crippen molar-refractivity contribution in [3.8, 4) is 0 Å². The molecule has 2 aromatic rings. The molecule has 0 aliphatic heterocycles. The maximum atomic E-state index is 5.81. The molecule has 2 rings (SSSR count). The van der Waals surface area contributed by atoms with Gasteiger partial charge in [-0.25, -0.2) is 0 Å². The summed E-state index contributed by atoms with van der Waals surface area (Å²) in [5.41, 5.74) is 2.16. The Morgan fingerprint density at radius 3 is 2.72 bits per heavy atom. The normalized spacial score (nSPS) is 11.1. The number of nitrogens with zero attached hydrogens (tertiary/aromatic N) is 3. The van der Waals surface area contributed by atoms with Crippen LogP contribution in [-0.2, 0) is 13.1 Å². The number of pyridine rings is 1. The van der Waals surface area contributed by atoms with E-state index in [2.05, 4.69) is 35.3 Å². The standard InChI is InChI=1S/C13H17ClN4/c1-10(2)15-5-11-3-4-13(16-6-11)9-18-8-12(14)7-17-18/h3-4,6-8,10,15H,5,9H2,1-2H3. The molecular formula is C13H17ClN4. The van der Waals surface area contributed by atoms with Gasteiger partial charge in [-0.2, -0.15) is 5.10 Å². The van der Waals surface area contributed by atoms with Crippen LogP contribution in [0.1, 0.15) is 25.1 Å². The summed E-state index contributed by atoms with van der Waals surface area (Å²) in [7, 11) is 0. The number of hydrogen-bond donors (Lipinski definition) is 1. The van der Waals surface area contributed by atoms with Gasteiger partial charge in [-0.3, -0.25) is 9.67 Å². The SMILES string of the molecule is CC(C)NCc1ccc(Cn2cc(Cl)cn2)nc1. The lowest BCUT2D eigenvalue weighted by molar-refractivity contribution is 0.587. The molecule has 0 amide bonds. The Labute approximate surface area is 112 Å². The van der Waals surface area contributed by atoms with Crippen molar-refractivity contribution in [1.29, 1.82) is 0 Å². The van der Waals surface area contributed by atoms with E-state index in [1.807, 2.05) is 12.3 Å². The first-order valence-electron chi connectivity index (χ1n) is 5.98. The van der Waals surface area contributed by atoms with Gasteiger partial charge in [0.15, 0.2) is 0 Å². The molecule has 0 spiro atoms. The highest BCUT2D eigenvalue weighted by Crippen LogP contribution is 2.07. The second-order valence-electron chi connectivity index (χ2n) is 4.55. The molecule has 0 aromatic carbocycles. The van der Waals surface area contributed by atoms with Crippen molar-refractivity contribution in [3.05, 3.63) is 47.0 Å². The Morgan fingerprint density at radius 2 is 2.17 bits per heavy atom. The van der Waals surface area contributed by atoms with Gasteiger partial charge in [0.1, 0.15) is 0 Å². The van der Waals surface area contributed by atoms with Gasteiger partial charge < -0.3 is 5.32 Å². The number of nitrogens with one attached hydrogen (secondary N) is 1. The van der Waals surface area contributed by atoms with Gasteiger partial charge in [0, 0.05) is 25.0 Å². The quantitative estimate of drug-likeness (QED) is 0.902. The van der Waals surface area contributed by atoms with Crippen LogP contribution in [0, 0.1) is 0 Å². The predicted molar refractivity (Wildman–Crippen MR) is 72.6 cm³/mol. The van der Waals surface area contributed by atoms with Crippen molar-refractivity contribution < 1.29 is 0 Å². The van der Waals surface area contributed by atoms with E-state index in [4.69, 9.17) is 11.6 Å². The van der Waals surface area contributed by atoms with Crippen molar-refractivity contribution in [2.75, 3.05) is 0 Å². The van der Waals surface area contributed by atoms with Crippen molar-refractivity contribution >= 4 is 11.6 Å². The lowest BCUT2D eigenvalue weighted by atomic mass is 10.2. The van der Waals surface area contributed by atoms with Gasteiger partial charge in [0.25, 0.3) is 0 Å². The smallest absolute Gasteiger partial charge is 0.0831 e. The molecule has 2 heterocycles. The molecule has 0 unspecified atom stereocenters. The largest absolute Gasteiger partial charge is 0.310 e. The summed E-state index contributed by atoms with van der Waals surface area (Å²) >= 11 is 5.81. The average molecular weight is 265 g/mol. The van der Waals surface area contributed by atoms with Crippen LogP contribution in [0.2, 0.25) is 5.02 Å². The fraction of sp³-hybridized carbons (Fsp3) is 0.385. The molecule has 2 aromatic heterocycles. The van der Waals surface area contributed by atoms with E-state index in [0.29, 0.717) is 17.6 Å². The number of aromatic nitrogens is 3. The van der Waals surface area contributed by atoms with E-state index in [9.17, 15) is 0 Å². The third-order valence-electron chi connectivity index (χ3n) is 2.53. The Hall–Kier alpha value is -1.39. The van der Waals surface area contributed by atoms with Gasteiger partial charge in [-0.15, -0.1) is 0 Å². The Balaban J connectivity index is 1.95. The van der Waals surface area contributed by atoms with Crippen LogP contribution in [0.5, 0.6) is 0 Å². The molecule has 0 fully saturated rings. The zero-order valence-corrected chi connectivity index (χ0v) is 11.4. The first kappa shape index (κ1) is 13.1. The topological polar surface area (TPSA) is 42.7 Å². The van der Waals surface area contributed by atoms with Crippen molar-refractivity contribution in [2.45, 2.75) is 33.0 Å². The summed E-state index contributed by atoms with van der Waals surface area (Å²) in [6.45, 7) is 5.75. The maximum absolute atomic E-state index is 5.81. The fourth-order valence-corrected chi connectivity index (χ4v) is 1.72. The minimum absolute atomic E-state index is 0.482. The van der Waals surface area contributed by atoms with E-state index < -0.39 is 0 Å². The highest BCUT2D eigenvalue weighted by Gasteiger charge is 2.00. The summed E-state index contributed by atoms with van der Waals surface area (Å²) < 4.78 is 1.77. The molecule has 0 aliphatic rings. The molecule has 4 nitrogen and oxygen atoms in total. The molecule has 0 saturated heterocycles. The molecular weight excluding hydrogens is 248 g/mol. The van der Waals surface area contributed by atoms with E-state index in [-0.39, 0.29) is 0 Å². The monoisotopic (exact) mass is 264 g/mol.